The van der Waals surface area contributed by atoms with Gasteiger partial charge in [-0.3, -0.25) is 9.59 Å². The maximum atomic E-state index is 14.3. The van der Waals surface area contributed by atoms with Crippen LogP contribution in [-0.4, -0.2) is 31.1 Å². The van der Waals surface area contributed by atoms with Crippen LogP contribution in [0.1, 0.15) is 113 Å². The summed E-state index contributed by atoms with van der Waals surface area (Å²) in [5, 5.41) is 9.96. The van der Waals surface area contributed by atoms with Crippen LogP contribution in [0.2, 0.25) is 0 Å². The molecule has 0 radical (unpaired) electrons. The van der Waals surface area contributed by atoms with Crippen LogP contribution in [0.3, 0.4) is 0 Å². The average molecular weight is 538 g/mol. The van der Waals surface area contributed by atoms with E-state index in [9.17, 15) is 14.9 Å². The summed E-state index contributed by atoms with van der Waals surface area (Å²) in [6.45, 7) is 19.4. The van der Waals surface area contributed by atoms with E-state index in [4.69, 9.17) is 9.47 Å². The van der Waals surface area contributed by atoms with Gasteiger partial charge in [0.05, 0.1) is 18.3 Å². The summed E-state index contributed by atoms with van der Waals surface area (Å²) < 4.78 is 11.8. The van der Waals surface area contributed by atoms with Gasteiger partial charge in [0.1, 0.15) is 18.6 Å². The van der Waals surface area contributed by atoms with Gasteiger partial charge in [-0.05, 0) is 90.3 Å². The SMILES string of the molecule is CC1(C)CCC2C(=O)C[C@@H]3[C@@]4(C)C=C(C#N)C(=O)C(C)(C)[C@@H]4CC[C@@]3(C)[C@]2(C)CC[C@@](C)(C2COCO2)CC1. The number of allylic oxidation sites excluding steroid dienone is 2. The lowest BCUT2D eigenvalue weighted by molar-refractivity contribution is -0.192. The number of carbonyl (C=O) groups excluding carboxylic acids is 2. The molecular formula is C34H51NO4. The molecule has 1 saturated heterocycles. The van der Waals surface area contributed by atoms with E-state index in [2.05, 4.69) is 47.6 Å². The molecule has 4 fully saturated rings. The third-order valence-corrected chi connectivity index (χ3v) is 13.5. The third-order valence-electron chi connectivity index (χ3n) is 13.5. The minimum Gasteiger partial charge on any atom is -0.353 e. The van der Waals surface area contributed by atoms with Crippen molar-refractivity contribution >= 4 is 11.6 Å². The molecule has 1 heterocycles. The third kappa shape index (κ3) is 4.21. The molecule has 39 heavy (non-hydrogen) atoms. The summed E-state index contributed by atoms with van der Waals surface area (Å²) in [4.78, 5) is 27.6. The van der Waals surface area contributed by atoms with E-state index < -0.39 is 5.41 Å². The van der Waals surface area contributed by atoms with Crippen LogP contribution in [-0.2, 0) is 19.1 Å². The Kier molecular flexibility index (Phi) is 6.88. The zero-order chi connectivity index (χ0) is 28.6. The minimum atomic E-state index is -0.602. The number of carbonyl (C=O) groups is 2. The standard InChI is InChI=1S/C34H51NO4/c1-29(2)11-9-23-24(36)17-26-32(6)18-22(19-35)28(37)30(3,4)25(32)10-12-34(26,8)33(23,7)16-15-31(5,14-13-29)27-20-38-21-39-27/h18,23,25-27H,9-17,20-21H2,1-8H3/t23?,25-,26+,27?,31-,32-,33+,34+/m0/s1. The Morgan fingerprint density at radius 1 is 0.846 bits per heavy atom. The molecule has 3 saturated carbocycles. The quantitative estimate of drug-likeness (QED) is 0.347. The van der Waals surface area contributed by atoms with Gasteiger partial charge in [-0.25, -0.2) is 0 Å². The highest BCUT2D eigenvalue weighted by atomic mass is 16.7. The number of ketones is 2. The van der Waals surface area contributed by atoms with Gasteiger partial charge in [0, 0.05) is 17.8 Å². The molecule has 5 rings (SSSR count). The lowest BCUT2D eigenvalue weighted by Gasteiger charge is -2.68. The van der Waals surface area contributed by atoms with Crippen LogP contribution >= 0.6 is 0 Å². The van der Waals surface area contributed by atoms with Crippen molar-refractivity contribution in [3.05, 3.63) is 11.6 Å². The molecule has 2 unspecified atom stereocenters. The molecule has 0 aromatic heterocycles. The molecule has 4 aliphatic carbocycles. The first kappa shape index (κ1) is 29.0. The number of hydrogen-bond acceptors (Lipinski definition) is 5. The predicted octanol–water partition coefficient (Wildman–Crippen LogP) is 7.44. The summed E-state index contributed by atoms with van der Waals surface area (Å²) in [6, 6.07) is 2.24. The molecule has 5 aliphatic rings. The summed E-state index contributed by atoms with van der Waals surface area (Å²) in [7, 11) is 0. The van der Waals surface area contributed by atoms with E-state index in [1.165, 1.54) is 0 Å². The van der Waals surface area contributed by atoms with E-state index in [0.717, 1.165) is 51.4 Å². The van der Waals surface area contributed by atoms with Crippen LogP contribution < -0.4 is 0 Å². The molecule has 0 bridgehead atoms. The number of Topliss-reactive ketones (excluding diaryl/α,β-unsaturated/α-hetero) is 2. The monoisotopic (exact) mass is 537 g/mol. The summed E-state index contributed by atoms with van der Waals surface area (Å²) in [5.41, 5.74) is -0.739. The molecule has 0 aromatic rings. The molecule has 0 amide bonds. The zero-order valence-corrected chi connectivity index (χ0v) is 25.7. The Balaban J connectivity index is 1.60. The molecule has 5 heteroatoms. The first-order valence-corrected chi connectivity index (χ1v) is 15.4. The van der Waals surface area contributed by atoms with Crippen molar-refractivity contribution in [2.24, 2.45) is 50.2 Å². The number of hydrogen-bond donors (Lipinski definition) is 0. The lowest BCUT2D eigenvalue weighted by atomic mass is 9.35. The second-order valence-electron chi connectivity index (χ2n) is 16.3. The number of nitriles is 1. The van der Waals surface area contributed by atoms with Crippen LogP contribution in [0.4, 0.5) is 0 Å². The molecule has 0 aromatic carbocycles. The van der Waals surface area contributed by atoms with Crippen molar-refractivity contribution in [3.63, 3.8) is 0 Å². The van der Waals surface area contributed by atoms with Gasteiger partial charge in [0.25, 0.3) is 0 Å². The first-order valence-electron chi connectivity index (χ1n) is 15.4. The molecule has 1 aliphatic heterocycles. The molecule has 0 spiro atoms. The Morgan fingerprint density at radius 2 is 1.54 bits per heavy atom. The molecule has 216 valence electrons. The van der Waals surface area contributed by atoms with Gasteiger partial charge >= 0.3 is 0 Å². The van der Waals surface area contributed by atoms with Crippen molar-refractivity contribution in [3.8, 4) is 6.07 Å². The molecule has 5 nitrogen and oxygen atoms in total. The van der Waals surface area contributed by atoms with Gasteiger partial charge in [-0.15, -0.1) is 0 Å². The average Bonchev–Trinajstić information content (AvgIpc) is 3.41. The van der Waals surface area contributed by atoms with Crippen molar-refractivity contribution in [1.82, 2.24) is 0 Å². The Hall–Kier alpha value is -1.51. The van der Waals surface area contributed by atoms with E-state index in [0.29, 0.717) is 31.2 Å². The van der Waals surface area contributed by atoms with Gasteiger partial charge in [-0.1, -0.05) is 61.5 Å². The number of nitrogens with zero attached hydrogens (tertiary/aromatic N) is 1. The van der Waals surface area contributed by atoms with E-state index in [1.807, 2.05) is 19.9 Å². The zero-order valence-electron chi connectivity index (χ0n) is 25.7. The lowest BCUT2D eigenvalue weighted by Crippen LogP contribution is -2.65. The maximum absolute atomic E-state index is 14.3. The van der Waals surface area contributed by atoms with Crippen LogP contribution in [0.15, 0.2) is 11.6 Å². The minimum absolute atomic E-state index is 0.000739. The normalized spacial score (nSPS) is 47.7. The van der Waals surface area contributed by atoms with Crippen molar-refractivity contribution in [2.45, 2.75) is 119 Å². The van der Waals surface area contributed by atoms with E-state index in [-0.39, 0.29) is 56.7 Å². The second-order valence-corrected chi connectivity index (χ2v) is 16.3. The van der Waals surface area contributed by atoms with Crippen LogP contribution in [0.25, 0.3) is 0 Å². The number of fused-ring (bicyclic) bond motifs is 5. The Bertz CT molecular complexity index is 1110. The molecule has 0 N–H and O–H groups in total. The smallest absolute Gasteiger partial charge is 0.178 e. The Morgan fingerprint density at radius 3 is 2.18 bits per heavy atom. The molecule has 8 atom stereocenters. The van der Waals surface area contributed by atoms with E-state index in [1.54, 1.807) is 0 Å². The highest BCUT2D eigenvalue weighted by Crippen LogP contribution is 2.72. The predicted molar refractivity (Wildman–Crippen MR) is 151 cm³/mol. The van der Waals surface area contributed by atoms with Gasteiger partial charge in [0.15, 0.2) is 5.78 Å². The molecular weight excluding hydrogens is 486 g/mol. The van der Waals surface area contributed by atoms with Crippen molar-refractivity contribution in [1.29, 1.82) is 5.26 Å². The number of ether oxygens (including phenoxy) is 2. The van der Waals surface area contributed by atoms with Crippen LogP contribution in [0.5, 0.6) is 0 Å². The van der Waals surface area contributed by atoms with E-state index >= 15 is 0 Å². The summed E-state index contributed by atoms with van der Waals surface area (Å²) in [5.74, 6) is 0.661. The second kappa shape index (κ2) is 9.25. The van der Waals surface area contributed by atoms with Gasteiger partial charge in [-0.2, -0.15) is 5.26 Å². The Labute approximate surface area is 236 Å². The van der Waals surface area contributed by atoms with Crippen LogP contribution in [0, 0.1) is 61.6 Å². The fraction of sp³-hybridized carbons (Fsp3) is 0.853. The largest absolute Gasteiger partial charge is 0.353 e. The van der Waals surface area contributed by atoms with Gasteiger partial charge < -0.3 is 9.47 Å². The highest BCUT2D eigenvalue weighted by Gasteiger charge is 2.68. The maximum Gasteiger partial charge on any atom is 0.178 e. The van der Waals surface area contributed by atoms with Crippen molar-refractivity contribution in [2.75, 3.05) is 13.4 Å². The fourth-order valence-electron chi connectivity index (χ4n) is 10.3. The fourth-order valence-corrected chi connectivity index (χ4v) is 10.3. The summed E-state index contributed by atoms with van der Waals surface area (Å²) in [6.07, 6.45) is 10.9. The van der Waals surface area contributed by atoms with Crippen molar-refractivity contribution < 1.29 is 19.1 Å². The highest BCUT2D eigenvalue weighted by molar-refractivity contribution is 6.04. The summed E-state index contributed by atoms with van der Waals surface area (Å²) >= 11 is 0. The topological polar surface area (TPSA) is 76.4 Å². The van der Waals surface area contributed by atoms with Gasteiger partial charge in [0.2, 0.25) is 0 Å². The number of rotatable bonds is 1. The first-order chi connectivity index (χ1) is 18.0.